The highest BCUT2D eigenvalue weighted by molar-refractivity contribution is 5.34. The Labute approximate surface area is 95.4 Å². The number of hydrogen-bond acceptors (Lipinski definition) is 1. The summed E-state index contributed by atoms with van der Waals surface area (Å²) in [4.78, 5) is 1.51. The summed E-state index contributed by atoms with van der Waals surface area (Å²) in [6, 6.07) is 0. The molecule has 0 aliphatic carbocycles. The Balaban J connectivity index is 2.71. The molecule has 1 heterocycles. The van der Waals surface area contributed by atoms with E-state index in [1.807, 2.05) is 24.3 Å². The third kappa shape index (κ3) is 3.33. The lowest BCUT2D eigenvalue weighted by molar-refractivity contribution is 0.158. The lowest BCUT2D eigenvalue weighted by atomic mass is 10.2. The minimum absolute atomic E-state index is 0.0395. The first-order chi connectivity index (χ1) is 7.66. The molecule has 0 N–H and O–H groups in total. The molecule has 0 aromatic heterocycles. The molecule has 1 aliphatic heterocycles. The van der Waals surface area contributed by atoms with Crippen LogP contribution in [0, 0.1) is 0 Å². The first-order valence-corrected chi connectivity index (χ1v) is 5.43. The van der Waals surface area contributed by atoms with Crippen molar-refractivity contribution in [3.8, 4) is 0 Å². The Morgan fingerprint density at radius 1 is 1.44 bits per heavy atom. The van der Waals surface area contributed by atoms with Gasteiger partial charge in [0, 0.05) is 12.7 Å². The van der Waals surface area contributed by atoms with E-state index < -0.39 is 6.43 Å². The number of unbranched alkanes of at least 4 members (excludes halogenated alkanes) is 1. The lowest BCUT2D eigenvalue weighted by Crippen LogP contribution is -2.22. The maximum Gasteiger partial charge on any atom is 0.278 e. The Morgan fingerprint density at radius 3 is 2.81 bits per heavy atom. The summed E-state index contributed by atoms with van der Waals surface area (Å²) in [5, 5.41) is 0. The molecule has 0 unspecified atom stereocenters. The van der Waals surface area contributed by atoms with Crippen LogP contribution in [0.2, 0.25) is 0 Å². The summed E-state index contributed by atoms with van der Waals surface area (Å²) >= 11 is 0. The van der Waals surface area contributed by atoms with E-state index in [9.17, 15) is 8.78 Å². The zero-order valence-corrected chi connectivity index (χ0v) is 9.66. The molecule has 0 spiro atoms. The second-order valence-electron chi connectivity index (χ2n) is 3.62. The molecule has 0 atom stereocenters. The SMILES string of the molecule is CCC/C=C\C=C1\C=CC=C(C(F)F)N1C. The van der Waals surface area contributed by atoms with Gasteiger partial charge in [0.05, 0.1) is 5.70 Å². The Bertz CT molecular complexity index is 338. The number of allylic oxidation sites excluding steroid dienone is 7. The predicted octanol–water partition coefficient (Wildman–Crippen LogP) is 3.88. The summed E-state index contributed by atoms with van der Waals surface area (Å²) in [6.07, 6.45) is 10.4. The van der Waals surface area contributed by atoms with E-state index in [-0.39, 0.29) is 5.70 Å². The quantitative estimate of drug-likeness (QED) is 0.701. The van der Waals surface area contributed by atoms with Crippen molar-refractivity contribution in [1.82, 2.24) is 4.90 Å². The zero-order valence-electron chi connectivity index (χ0n) is 9.66. The summed E-state index contributed by atoms with van der Waals surface area (Å²) in [7, 11) is 1.65. The fraction of sp³-hybridized carbons (Fsp3) is 0.385. The van der Waals surface area contributed by atoms with Gasteiger partial charge in [-0.05, 0) is 24.6 Å². The van der Waals surface area contributed by atoms with Crippen LogP contribution in [0.15, 0.2) is 47.9 Å². The summed E-state index contributed by atoms with van der Waals surface area (Å²) in [5.41, 5.74) is 0.822. The van der Waals surface area contributed by atoms with Crippen LogP contribution in [0.25, 0.3) is 0 Å². The Hall–Kier alpha value is -1.38. The number of alkyl halides is 2. The van der Waals surface area contributed by atoms with Gasteiger partial charge in [-0.3, -0.25) is 0 Å². The predicted molar refractivity (Wildman–Crippen MR) is 63.1 cm³/mol. The van der Waals surface area contributed by atoms with E-state index >= 15 is 0 Å². The van der Waals surface area contributed by atoms with Crippen molar-refractivity contribution >= 4 is 0 Å². The zero-order chi connectivity index (χ0) is 12.0. The molecule has 0 aromatic rings. The average Bonchev–Trinajstić information content (AvgIpc) is 2.26. The number of likely N-dealkylation sites (N-methyl/N-ethyl adjacent to an activating group) is 1. The molecule has 1 nitrogen and oxygen atoms in total. The molecule has 0 amide bonds. The molecular weight excluding hydrogens is 208 g/mol. The third-order valence-electron chi connectivity index (χ3n) is 2.39. The molecule has 0 aromatic carbocycles. The van der Waals surface area contributed by atoms with Crippen LogP contribution in [0.4, 0.5) is 8.78 Å². The average molecular weight is 225 g/mol. The number of halogens is 2. The third-order valence-corrected chi connectivity index (χ3v) is 2.39. The molecule has 0 saturated carbocycles. The molecule has 88 valence electrons. The second-order valence-corrected chi connectivity index (χ2v) is 3.62. The molecule has 1 aliphatic rings. The largest absolute Gasteiger partial charge is 0.343 e. The minimum atomic E-state index is -2.43. The van der Waals surface area contributed by atoms with Gasteiger partial charge >= 0.3 is 0 Å². The normalized spacial score (nSPS) is 18.9. The first-order valence-electron chi connectivity index (χ1n) is 5.43. The smallest absolute Gasteiger partial charge is 0.278 e. The molecule has 0 saturated heterocycles. The van der Waals surface area contributed by atoms with Crippen molar-refractivity contribution < 1.29 is 8.78 Å². The topological polar surface area (TPSA) is 3.24 Å². The molecule has 16 heavy (non-hydrogen) atoms. The summed E-state index contributed by atoms with van der Waals surface area (Å²) in [6.45, 7) is 2.10. The van der Waals surface area contributed by atoms with Gasteiger partial charge in [0.2, 0.25) is 0 Å². The van der Waals surface area contributed by atoms with Gasteiger partial charge in [-0.15, -0.1) is 0 Å². The number of rotatable bonds is 4. The van der Waals surface area contributed by atoms with Gasteiger partial charge in [-0.2, -0.15) is 0 Å². The molecule has 0 fully saturated rings. The summed E-state index contributed by atoms with van der Waals surface area (Å²) < 4.78 is 25.2. The fourth-order valence-corrected chi connectivity index (χ4v) is 1.43. The van der Waals surface area contributed by atoms with Crippen molar-refractivity contribution in [1.29, 1.82) is 0 Å². The van der Waals surface area contributed by atoms with Gasteiger partial charge in [0.15, 0.2) is 0 Å². The first kappa shape index (κ1) is 12.7. The van der Waals surface area contributed by atoms with E-state index in [0.29, 0.717) is 0 Å². The number of hydrogen-bond donors (Lipinski definition) is 0. The highest BCUT2D eigenvalue weighted by atomic mass is 19.3. The molecule has 0 bridgehead atoms. The van der Waals surface area contributed by atoms with E-state index in [1.54, 1.807) is 13.1 Å². The van der Waals surface area contributed by atoms with Crippen molar-refractivity contribution in [2.75, 3.05) is 7.05 Å². The monoisotopic (exact) mass is 225 g/mol. The molecular formula is C13H17F2N. The molecule has 1 rings (SSSR count). The van der Waals surface area contributed by atoms with Crippen LogP contribution in [0.5, 0.6) is 0 Å². The van der Waals surface area contributed by atoms with Crippen LogP contribution in [-0.4, -0.2) is 18.4 Å². The van der Waals surface area contributed by atoms with Crippen LogP contribution >= 0.6 is 0 Å². The van der Waals surface area contributed by atoms with Crippen molar-refractivity contribution in [3.05, 3.63) is 47.9 Å². The Kier molecular flexibility index (Phi) is 4.96. The highest BCUT2D eigenvalue weighted by Crippen LogP contribution is 2.22. The summed E-state index contributed by atoms with van der Waals surface area (Å²) in [5.74, 6) is 0. The van der Waals surface area contributed by atoms with Crippen LogP contribution in [0.1, 0.15) is 19.8 Å². The van der Waals surface area contributed by atoms with E-state index in [2.05, 4.69) is 6.92 Å². The number of nitrogens with zero attached hydrogens (tertiary/aromatic N) is 1. The molecule has 3 heteroatoms. The second kappa shape index (κ2) is 6.26. The van der Waals surface area contributed by atoms with Crippen LogP contribution in [0.3, 0.4) is 0 Å². The Morgan fingerprint density at radius 2 is 2.19 bits per heavy atom. The van der Waals surface area contributed by atoms with Gasteiger partial charge in [0.1, 0.15) is 0 Å². The van der Waals surface area contributed by atoms with Gasteiger partial charge in [-0.25, -0.2) is 8.78 Å². The standard InChI is InChI=1S/C13H17F2N/c1-3-4-5-6-8-11-9-7-10-12(13(14)15)16(11)2/h5-10,13H,3-4H2,1-2H3/b6-5-,11-8-. The van der Waals surface area contributed by atoms with E-state index in [1.165, 1.54) is 11.0 Å². The minimum Gasteiger partial charge on any atom is -0.343 e. The maximum atomic E-state index is 12.6. The van der Waals surface area contributed by atoms with E-state index in [0.717, 1.165) is 18.5 Å². The van der Waals surface area contributed by atoms with Crippen LogP contribution in [-0.2, 0) is 0 Å². The lowest BCUT2D eigenvalue weighted by Gasteiger charge is -2.25. The van der Waals surface area contributed by atoms with Crippen LogP contribution < -0.4 is 0 Å². The maximum absolute atomic E-state index is 12.6. The van der Waals surface area contributed by atoms with E-state index in [4.69, 9.17) is 0 Å². The van der Waals surface area contributed by atoms with Gasteiger partial charge < -0.3 is 4.90 Å². The van der Waals surface area contributed by atoms with Crippen molar-refractivity contribution in [2.45, 2.75) is 26.2 Å². The fourth-order valence-electron chi connectivity index (χ4n) is 1.43. The van der Waals surface area contributed by atoms with Gasteiger partial charge in [-0.1, -0.05) is 31.6 Å². The molecule has 0 radical (unpaired) electrons. The highest BCUT2D eigenvalue weighted by Gasteiger charge is 2.18. The van der Waals surface area contributed by atoms with Gasteiger partial charge in [0.25, 0.3) is 6.43 Å². The van der Waals surface area contributed by atoms with Crippen molar-refractivity contribution in [3.63, 3.8) is 0 Å². The van der Waals surface area contributed by atoms with Crippen molar-refractivity contribution in [2.24, 2.45) is 0 Å².